The number of rotatable bonds is 7. The zero-order valence-corrected chi connectivity index (χ0v) is 18.1. The lowest BCUT2D eigenvalue weighted by Crippen LogP contribution is -2.08. The van der Waals surface area contributed by atoms with Gasteiger partial charge in [-0.2, -0.15) is 0 Å². The first-order valence-electron chi connectivity index (χ1n) is 8.82. The van der Waals surface area contributed by atoms with Gasteiger partial charge in [-0.1, -0.05) is 41.4 Å². The highest BCUT2D eigenvalue weighted by atomic mass is 35.5. The summed E-state index contributed by atoms with van der Waals surface area (Å²) in [6, 6.07) is 13.9. The minimum atomic E-state index is 0. The van der Waals surface area contributed by atoms with Gasteiger partial charge in [0.1, 0.15) is 5.82 Å². The number of aromatic nitrogens is 2. The Labute approximate surface area is 183 Å². The van der Waals surface area contributed by atoms with E-state index in [0.29, 0.717) is 12.4 Å². The first-order chi connectivity index (χ1) is 12.7. The van der Waals surface area contributed by atoms with Gasteiger partial charge in [0.2, 0.25) is 0 Å². The summed E-state index contributed by atoms with van der Waals surface area (Å²) in [6.45, 7) is 3.63. The molecule has 3 aromatic rings. The molecule has 0 aliphatic heterocycles. The van der Waals surface area contributed by atoms with Crippen LogP contribution in [0.15, 0.2) is 42.5 Å². The Kier molecular flexibility index (Phi) is 10.3. The van der Waals surface area contributed by atoms with Gasteiger partial charge in [-0.3, -0.25) is 0 Å². The Morgan fingerprint density at radius 3 is 2.46 bits per heavy atom. The molecule has 0 saturated carbocycles. The summed E-state index contributed by atoms with van der Waals surface area (Å²) >= 11 is 5.93. The number of unbranched alkanes of at least 4 members (excludes halogenated alkanes) is 1. The van der Waals surface area contributed by atoms with Crippen molar-refractivity contribution in [3.63, 3.8) is 0 Å². The largest absolute Gasteiger partial charge is 0.369 e. The summed E-state index contributed by atoms with van der Waals surface area (Å²) in [4.78, 5) is 9.38. The van der Waals surface area contributed by atoms with Crippen LogP contribution in [0, 0.1) is 6.92 Å². The maximum absolute atomic E-state index is 5.93. The maximum Gasteiger partial charge on any atom is 0.154 e. The lowest BCUT2D eigenvalue weighted by atomic mass is 10.1. The second kappa shape index (κ2) is 11.9. The fraction of sp³-hybridized carbons (Fsp3) is 0.238. The average Bonchev–Trinajstić information content (AvgIpc) is 2.65. The molecule has 0 saturated heterocycles. The highest BCUT2D eigenvalue weighted by Crippen LogP contribution is 2.23. The van der Waals surface area contributed by atoms with E-state index in [1.54, 1.807) is 0 Å². The van der Waals surface area contributed by atoms with Gasteiger partial charge in [0, 0.05) is 17.0 Å². The van der Waals surface area contributed by atoms with Crippen LogP contribution < -0.4 is 11.1 Å². The van der Waals surface area contributed by atoms with E-state index in [1.807, 2.05) is 42.5 Å². The number of nitrogens with two attached hydrogens (primary N) is 1. The van der Waals surface area contributed by atoms with Crippen molar-refractivity contribution in [2.24, 2.45) is 5.73 Å². The van der Waals surface area contributed by atoms with Crippen molar-refractivity contribution in [2.75, 3.05) is 18.4 Å². The molecule has 150 valence electrons. The predicted molar refractivity (Wildman–Crippen MR) is 126 cm³/mol. The van der Waals surface area contributed by atoms with E-state index < -0.39 is 0 Å². The van der Waals surface area contributed by atoms with Crippen molar-refractivity contribution in [2.45, 2.75) is 19.8 Å². The number of nitrogens with one attached hydrogen (secondary N) is 1. The van der Waals surface area contributed by atoms with Crippen LogP contribution in [-0.4, -0.2) is 23.1 Å². The van der Waals surface area contributed by atoms with Gasteiger partial charge < -0.3 is 11.1 Å². The molecule has 3 N–H and O–H groups in total. The zero-order chi connectivity index (χ0) is 18.4. The predicted octanol–water partition coefficient (Wildman–Crippen LogP) is 5.76. The zero-order valence-electron chi connectivity index (χ0n) is 15.7. The Bertz CT molecular complexity index is 911. The van der Waals surface area contributed by atoms with Gasteiger partial charge in [-0.15, -0.1) is 24.8 Å². The van der Waals surface area contributed by atoms with Gasteiger partial charge in [0.25, 0.3) is 0 Å². The fourth-order valence-electron chi connectivity index (χ4n) is 2.69. The van der Waals surface area contributed by atoms with Crippen LogP contribution in [0.5, 0.6) is 0 Å². The van der Waals surface area contributed by atoms with Crippen molar-refractivity contribution in [3.8, 4) is 0 Å². The molecular formula is C21H25Cl3N4. The molecule has 1 heterocycles. The van der Waals surface area contributed by atoms with E-state index in [2.05, 4.69) is 29.4 Å². The number of halogens is 3. The Morgan fingerprint density at radius 2 is 1.75 bits per heavy atom. The average molecular weight is 440 g/mol. The number of nitrogens with zero attached hydrogens (tertiary/aromatic N) is 2. The third-order valence-corrected chi connectivity index (χ3v) is 4.34. The second-order valence-corrected chi connectivity index (χ2v) is 6.69. The second-order valence-electron chi connectivity index (χ2n) is 6.26. The molecule has 1 aromatic heterocycles. The van der Waals surface area contributed by atoms with Crippen molar-refractivity contribution < 1.29 is 0 Å². The van der Waals surface area contributed by atoms with Crippen molar-refractivity contribution in [1.82, 2.24) is 9.97 Å². The van der Waals surface area contributed by atoms with Crippen LogP contribution in [0.2, 0.25) is 5.02 Å². The number of anilines is 1. The summed E-state index contributed by atoms with van der Waals surface area (Å²) in [5.74, 6) is 1.55. The summed E-state index contributed by atoms with van der Waals surface area (Å²) in [7, 11) is 0. The van der Waals surface area contributed by atoms with E-state index >= 15 is 0 Å². The van der Waals surface area contributed by atoms with Gasteiger partial charge in [-0.25, -0.2) is 9.97 Å². The molecule has 2 aromatic carbocycles. The van der Waals surface area contributed by atoms with E-state index in [9.17, 15) is 0 Å². The van der Waals surface area contributed by atoms with E-state index in [4.69, 9.17) is 22.3 Å². The molecule has 3 rings (SSSR count). The molecule has 0 atom stereocenters. The summed E-state index contributed by atoms with van der Waals surface area (Å²) in [5, 5.41) is 5.21. The number of hydrogen-bond acceptors (Lipinski definition) is 4. The molecule has 0 radical (unpaired) electrons. The molecule has 0 aliphatic carbocycles. The third-order valence-electron chi connectivity index (χ3n) is 4.09. The van der Waals surface area contributed by atoms with E-state index in [-0.39, 0.29) is 24.8 Å². The molecule has 0 bridgehead atoms. The van der Waals surface area contributed by atoms with E-state index in [1.165, 1.54) is 5.56 Å². The molecule has 7 heteroatoms. The highest BCUT2D eigenvalue weighted by Gasteiger charge is 2.06. The van der Waals surface area contributed by atoms with Crippen LogP contribution in [0.4, 0.5) is 5.82 Å². The maximum atomic E-state index is 5.93. The third kappa shape index (κ3) is 6.64. The standard InChI is InChI=1S/C21H23ClN4.2ClH/c1-15-4-10-19-18(14-15)21(24-13-3-2-12-23)26-20(25-19)11-7-16-5-8-17(22)9-6-16;;/h4-11,14H,2-3,12-13,23H2,1H3,(H,24,25,26);2*1H. The van der Waals surface area contributed by atoms with Crippen LogP contribution in [0.1, 0.15) is 29.8 Å². The number of fused-ring (bicyclic) bond motifs is 1. The Hall–Kier alpha value is -1.85. The van der Waals surface area contributed by atoms with Crippen molar-refractivity contribution in [1.29, 1.82) is 0 Å². The van der Waals surface area contributed by atoms with E-state index in [0.717, 1.165) is 46.7 Å². The smallest absolute Gasteiger partial charge is 0.154 e. The van der Waals surface area contributed by atoms with Gasteiger partial charge >= 0.3 is 0 Å². The van der Waals surface area contributed by atoms with Crippen molar-refractivity contribution >= 4 is 65.3 Å². The molecule has 0 aliphatic rings. The molecule has 0 fully saturated rings. The van der Waals surface area contributed by atoms with Gasteiger partial charge in [0.05, 0.1) is 5.52 Å². The van der Waals surface area contributed by atoms with Crippen LogP contribution in [0.3, 0.4) is 0 Å². The number of aryl methyl sites for hydroxylation is 1. The minimum Gasteiger partial charge on any atom is -0.369 e. The molecule has 0 spiro atoms. The normalized spacial score (nSPS) is 10.5. The minimum absolute atomic E-state index is 0. The molecule has 0 unspecified atom stereocenters. The Morgan fingerprint density at radius 1 is 1.00 bits per heavy atom. The van der Waals surface area contributed by atoms with Gasteiger partial charge in [-0.05, 0) is 62.2 Å². The lowest BCUT2D eigenvalue weighted by molar-refractivity contribution is 0.772. The quantitative estimate of drug-likeness (QED) is 0.460. The summed E-state index contributed by atoms with van der Waals surface area (Å²) in [6.07, 6.45) is 5.93. The molecule has 4 nitrogen and oxygen atoms in total. The topological polar surface area (TPSA) is 63.8 Å². The van der Waals surface area contributed by atoms with Crippen LogP contribution in [0.25, 0.3) is 23.1 Å². The first kappa shape index (κ1) is 24.2. The van der Waals surface area contributed by atoms with Gasteiger partial charge in [0.15, 0.2) is 5.82 Å². The molecule has 0 amide bonds. The number of benzene rings is 2. The van der Waals surface area contributed by atoms with Crippen LogP contribution in [-0.2, 0) is 0 Å². The fourth-order valence-corrected chi connectivity index (χ4v) is 2.82. The monoisotopic (exact) mass is 438 g/mol. The highest BCUT2D eigenvalue weighted by molar-refractivity contribution is 6.30. The lowest BCUT2D eigenvalue weighted by Gasteiger charge is -2.10. The first-order valence-corrected chi connectivity index (χ1v) is 9.19. The molecule has 28 heavy (non-hydrogen) atoms. The van der Waals surface area contributed by atoms with Crippen molar-refractivity contribution in [3.05, 3.63) is 64.4 Å². The van der Waals surface area contributed by atoms with Crippen LogP contribution >= 0.6 is 36.4 Å². The Balaban J connectivity index is 0.00000196. The SMILES string of the molecule is Cc1ccc2nc(C=Cc3ccc(Cl)cc3)nc(NCCCCN)c2c1.Cl.Cl. The number of hydrogen-bond donors (Lipinski definition) is 2. The summed E-state index contributed by atoms with van der Waals surface area (Å²) < 4.78 is 0. The molecular weight excluding hydrogens is 415 g/mol. The summed E-state index contributed by atoms with van der Waals surface area (Å²) in [5.41, 5.74) is 8.75.